The van der Waals surface area contributed by atoms with Crippen LogP contribution >= 0.6 is 0 Å². The Morgan fingerprint density at radius 2 is 1.06 bits per heavy atom. The minimum absolute atomic E-state index is 0.582. The summed E-state index contributed by atoms with van der Waals surface area (Å²) in [5, 5.41) is 33.6. The SMILES string of the molecule is N#Cc1cccc(-n2c3ccc(C#N)cc3c3cccc(-c4cccc(-c5ccc6c(c5)c5ccccc5n6-c5ccccc5C#N)c4)c32)c1. The van der Waals surface area contributed by atoms with E-state index in [4.69, 9.17) is 0 Å². The lowest BCUT2D eigenvalue weighted by atomic mass is 9.96. The first-order valence-corrected chi connectivity index (χ1v) is 16.3. The number of fused-ring (bicyclic) bond motifs is 6. The molecule has 0 radical (unpaired) electrons. The van der Waals surface area contributed by atoms with Crippen molar-refractivity contribution in [2.45, 2.75) is 0 Å². The number of nitriles is 3. The fourth-order valence-electron chi connectivity index (χ4n) is 7.40. The van der Waals surface area contributed by atoms with Crippen LogP contribution < -0.4 is 0 Å². The molecule has 7 aromatic carbocycles. The van der Waals surface area contributed by atoms with E-state index in [-0.39, 0.29) is 0 Å². The quantitative estimate of drug-likeness (QED) is 0.193. The first-order chi connectivity index (χ1) is 24.7. The van der Waals surface area contributed by atoms with Crippen LogP contribution in [0.4, 0.5) is 0 Å². The smallest absolute Gasteiger partial charge is 0.101 e. The Morgan fingerprint density at radius 1 is 0.400 bits per heavy atom. The Balaban J connectivity index is 1.26. The van der Waals surface area contributed by atoms with Gasteiger partial charge in [-0.05, 0) is 89.5 Å². The van der Waals surface area contributed by atoms with Crippen LogP contribution in [-0.4, -0.2) is 9.13 Å². The maximum Gasteiger partial charge on any atom is 0.101 e. The Kier molecular flexibility index (Phi) is 6.56. The van der Waals surface area contributed by atoms with E-state index in [0.717, 1.165) is 77.2 Å². The molecule has 0 fully saturated rings. The van der Waals surface area contributed by atoms with Crippen molar-refractivity contribution in [1.29, 1.82) is 15.8 Å². The van der Waals surface area contributed by atoms with Crippen LogP contribution in [0.1, 0.15) is 16.7 Å². The second kappa shape index (κ2) is 11.4. The van der Waals surface area contributed by atoms with Crippen molar-refractivity contribution in [3.8, 4) is 51.8 Å². The minimum atomic E-state index is 0.582. The van der Waals surface area contributed by atoms with Crippen LogP contribution in [-0.2, 0) is 0 Å². The second-order valence-electron chi connectivity index (χ2n) is 12.3. The largest absolute Gasteiger partial charge is 0.309 e. The van der Waals surface area contributed by atoms with E-state index in [1.54, 1.807) is 0 Å². The van der Waals surface area contributed by atoms with Gasteiger partial charge >= 0.3 is 0 Å². The van der Waals surface area contributed by atoms with Crippen molar-refractivity contribution >= 4 is 43.6 Å². The molecular weight excluding hydrogens is 611 g/mol. The molecule has 0 N–H and O–H groups in total. The lowest BCUT2D eigenvalue weighted by molar-refractivity contribution is 1.17. The lowest BCUT2D eigenvalue weighted by Gasteiger charge is -2.13. The maximum atomic E-state index is 9.92. The van der Waals surface area contributed by atoms with Gasteiger partial charge in [-0.25, -0.2) is 0 Å². The van der Waals surface area contributed by atoms with E-state index in [1.165, 1.54) is 0 Å². The van der Waals surface area contributed by atoms with E-state index in [9.17, 15) is 15.8 Å². The zero-order chi connectivity index (χ0) is 33.8. The molecule has 0 saturated carbocycles. The molecule has 230 valence electrons. The third-order valence-electron chi connectivity index (χ3n) is 9.59. The van der Waals surface area contributed by atoms with Gasteiger partial charge in [0.15, 0.2) is 0 Å². The summed E-state index contributed by atoms with van der Waals surface area (Å²) in [6.07, 6.45) is 0. The fourth-order valence-corrected chi connectivity index (χ4v) is 7.40. The fraction of sp³-hybridized carbons (Fsp3) is 0. The third kappa shape index (κ3) is 4.38. The van der Waals surface area contributed by atoms with Gasteiger partial charge in [0, 0.05) is 32.8 Å². The van der Waals surface area contributed by atoms with Crippen LogP contribution in [0.25, 0.3) is 77.2 Å². The normalized spacial score (nSPS) is 11.1. The van der Waals surface area contributed by atoms with Crippen molar-refractivity contribution in [2.24, 2.45) is 0 Å². The Morgan fingerprint density at radius 3 is 1.94 bits per heavy atom. The number of benzene rings is 7. The van der Waals surface area contributed by atoms with E-state index in [1.807, 2.05) is 72.8 Å². The Bertz CT molecular complexity index is 2970. The number of rotatable bonds is 4. The van der Waals surface area contributed by atoms with Crippen molar-refractivity contribution in [2.75, 3.05) is 0 Å². The predicted octanol–water partition coefficient (Wildman–Crippen LogP) is 10.8. The summed E-state index contributed by atoms with van der Waals surface area (Å²) in [6.45, 7) is 0. The van der Waals surface area contributed by atoms with Crippen molar-refractivity contribution in [3.63, 3.8) is 0 Å². The van der Waals surface area contributed by atoms with Gasteiger partial charge in [-0.3, -0.25) is 0 Å². The van der Waals surface area contributed by atoms with E-state index in [2.05, 4.69) is 106 Å². The molecule has 2 heterocycles. The summed E-state index contributed by atoms with van der Waals surface area (Å²) in [4.78, 5) is 0. The Hall–Kier alpha value is -7.39. The molecule has 0 aliphatic heterocycles. The van der Waals surface area contributed by atoms with Crippen molar-refractivity contribution < 1.29 is 0 Å². The highest BCUT2D eigenvalue weighted by Crippen LogP contribution is 2.40. The molecule has 5 heteroatoms. The molecule has 0 unspecified atom stereocenters. The summed E-state index contributed by atoms with van der Waals surface area (Å²) in [5.41, 5.74) is 11.9. The molecule has 9 aromatic rings. The topological polar surface area (TPSA) is 81.2 Å². The lowest BCUT2D eigenvalue weighted by Crippen LogP contribution is -1.97. The molecule has 0 spiro atoms. The molecule has 0 amide bonds. The van der Waals surface area contributed by atoms with Crippen LogP contribution in [0.15, 0.2) is 152 Å². The average Bonchev–Trinajstić information content (AvgIpc) is 3.70. The maximum absolute atomic E-state index is 9.92. The van der Waals surface area contributed by atoms with Gasteiger partial charge in [0.2, 0.25) is 0 Å². The molecular formula is C45H25N5. The summed E-state index contributed by atoms with van der Waals surface area (Å²) in [6, 6.07) is 57.9. The number of para-hydroxylation sites is 3. The third-order valence-corrected chi connectivity index (χ3v) is 9.59. The van der Waals surface area contributed by atoms with Crippen molar-refractivity contribution in [1.82, 2.24) is 9.13 Å². The van der Waals surface area contributed by atoms with E-state index in [0.29, 0.717) is 16.7 Å². The summed E-state index contributed by atoms with van der Waals surface area (Å²) < 4.78 is 4.39. The highest BCUT2D eigenvalue weighted by atomic mass is 15.0. The molecule has 2 aromatic heterocycles. The standard InChI is InChI=1S/C45H25N5/c46-26-29-8-5-12-35(22-29)49-43-20-18-30(27-47)23-39(43)38-15-7-14-36(45(38)49)33-11-6-10-31(24-33)32-19-21-44-40(25-32)37-13-2-4-17-42(37)50(44)41-16-3-1-9-34(41)28-48/h1-25H. The van der Waals surface area contributed by atoms with Gasteiger partial charge in [0.1, 0.15) is 6.07 Å². The molecule has 0 aliphatic carbocycles. The zero-order valence-electron chi connectivity index (χ0n) is 26.7. The molecule has 50 heavy (non-hydrogen) atoms. The van der Waals surface area contributed by atoms with E-state index >= 15 is 0 Å². The van der Waals surface area contributed by atoms with Gasteiger partial charge in [-0.2, -0.15) is 15.8 Å². The van der Waals surface area contributed by atoms with Crippen LogP contribution in [0.2, 0.25) is 0 Å². The summed E-state index contributed by atoms with van der Waals surface area (Å²) in [5.74, 6) is 0. The highest BCUT2D eigenvalue weighted by molar-refractivity contribution is 6.14. The second-order valence-corrected chi connectivity index (χ2v) is 12.3. The van der Waals surface area contributed by atoms with Gasteiger partial charge in [0.25, 0.3) is 0 Å². The highest BCUT2D eigenvalue weighted by Gasteiger charge is 2.19. The van der Waals surface area contributed by atoms with Gasteiger partial charge in [0.05, 0.1) is 56.6 Å². The molecule has 9 rings (SSSR count). The molecule has 0 saturated heterocycles. The summed E-state index contributed by atoms with van der Waals surface area (Å²) in [7, 11) is 0. The van der Waals surface area contributed by atoms with Crippen molar-refractivity contribution in [3.05, 3.63) is 168 Å². The molecule has 0 bridgehead atoms. The average molecular weight is 636 g/mol. The minimum Gasteiger partial charge on any atom is -0.309 e. The number of nitrogens with zero attached hydrogens (tertiary/aromatic N) is 5. The van der Waals surface area contributed by atoms with E-state index < -0.39 is 0 Å². The van der Waals surface area contributed by atoms with Gasteiger partial charge < -0.3 is 9.13 Å². The van der Waals surface area contributed by atoms with Gasteiger partial charge in [-0.15, -0.1) is 0 Å². The Labute approximate surface area is 287 Å². The van der Waals surface area contributed by atoms with Gasteiger partial charge in [-0.1, -0.05) is 78.9 Å². The molecule has 0 atom stereocenters. The first-order valence-electron chi connectivity index (χ1n) is 16.3. The molecule has 5 nitrogen and oxygen atoms in total. The number of aromatic nitrogens is 2. The first kappa shape index (κ1) is 28.8. The van der Waals surface area contributed by atoms with Crippen LogP contribution in [0.5, 0.6) is 0 Å². The number of hydrogen-bond acceptors (Lipinski definition) is 3. The van der Waals surface area contributed by atoms with Crippen LogP contribution in [0, 0.1) is 34.0 Å². The zero-order valence-corrected chi connectivity index (χ0v) is 26.7. The summed E-state index contributed by atoms with van der Waals surface area (Å²) >= 11 is 0. The number of hydrogen-bond donors (Lipinski definition) is 0. The predicted molar refractivity (Wildman–Crippen MR) is 200 cm³/mol. The van der Waals surface area contributed by atoms with Crippen LogP contribution in [0.3, 0.4) is 0 Å². The molecule has 0 aliphatic rings. The monoisotopic (exact) mass is 635 g/mol.